The van der Waals surface area contributed by atoms with E-state index in [4.69, 9.17) is 14.7 Å². The molecule has 0 radical (unpaired) electrons. The van der Waals surface area contributed by atoms with Crippen molar-refractivity contribution in [3.05, 3.63) is 88.0 Å². The van der Waals surface area contributed by atoms with Gasteiger partial charge in [0.15, 0.2) is 5.65 Å². The van der Waals surface area contributed by atoms with Crippen LogP contribution in [0.15, 0.2) is 65.6 Å². The van der Waals surface area contributed by atoms with Gasteiger partial charge in [0.25, 0.3) is 5.56 Å². The minimum Gasteiger partial charge on any atom is -0.497 e. The number of benzene rings is 2. The number of nitrogens with zero attached hydrogens (tertiary/aromatic N) is 5. The van der Waals surface area contributed by atoms with Crippen LogP contribution in [-0.2, 0) is 19.4 Å². The van der Waals surface area contributed by atoms with Gasteiger partial charge in [-0.1, -0.05) is 42.5 Å². The van der Waals surface area contributed by atoms with Crippen molar-refractivity contribution < 1.29 is 4.74 Å². The Balaban J connectivity index is 1.56. The standard InChI is InChI=1S/C26H28N6O2/c1-34-21-9-5-8-20(16-21)18-32-24-23(17-28-26(30-24)31-14-12-27-13-15-31)29-22(25(32)33)11-10-19-6-3-2-4-7-19/h2-9,16-17,27H,10-15,18H2,1H3. The minimum absolute atomic E-state index is 0.115. The maximum atomic E-state index is 13.6. The van der Waals surface area contributed by atoms with Gasteiger partial charge in [0.05, 0.1) is 19.9 Å². The highest BCUT2D eigenvalue weighted by Gasteiger charge is 2.18. The average molecular weight is 457 g/mol. The number of anilines is 1. The second kappa shape index (κ2) is 10.0. The number of hydrogen-bond acceptors (Lipinski definition) is 7. The third-order valence-corrected chi connectivity index (χ3v) is 6.11. The number of methoxy groups -OCH3 is 1. The van der Waals surface area contributed by atoms with Crippen LogP contribution in [0.2, 0.25) is 0 Å². The molecule has 8 nitrogen and oxygen atoms in total. The Morgan fingerprint density at radius 2 is 1.76 bits per heavy atom. The molecule has 8 heteroatoms. The van der Waals surface area contributed by atoms with Crippen molar-refractivity contribution in [3.8, 4) is 5.75 Å². The van der Waals surface area contributed by atoms with Crippen LogP contribution < -0.4 is 20.5 Å². The SMILES string of the molecule is COc1cccc(Cn2c(=O)c(CCc3ccccc3)nc3cnc(N4CCNCC4)nc32)c1. The van der Waals surface area contributed by atoms with Gasteiger partial charge in [0.2, 0.25) is 5.95 Å². The predicted octanol–water partition coefficient (Wildman–Crippen LogP) is 2.44. The van der Waals surface area contributed by atoms with Gasteiger partial charge >= 0.3 is 0 Å². The zero-order valence-corrected chi connectivity index (χ0v) is 19.3. The lowest BCUT2D eigenvalue weighted by Crippen LogP contribution is -2.44. The summed E-state index contributed by atoms with van der Waals surface area (Å²) in [6, 6.07) is 17.9. The average Bonchev–Trinajstić information content (AvgIpc) is 2.90. The Labute approximate surface area is 198 Å². The van der Waals surface area contributed by atoms with E-state index < -0.39 is 0 Å². The molecule has 0 bridgehead atoms. The normalized spacial score (nSPS) is 13.9. The molecular formula is C26H28N6O2. The van der Waals surface area contributed by atoms with Crippen LogP contribution in [0.3, 0.4) is 0 Å². The van der Waals surface area contributed by atoms with Crippen molar-refractivity contribution in [2.75, 3.05) is 38.2 Å². The van der Waals surface area contributed by atoms with Crippen molar-refractivity contribution in [1.29, 1.82) is 0 Å². The monoisotopic (exact) mass is 456 g/mol. The third kappa shape index (κ3) is 4.77. The van der Waals surface area contributed by atoms with E-state index in [1.165, 1.54) is 5.56 Å². The zero-order valence-electron chi connectivity index (χ0n) is 19.3. The van der Waals surface area contributed by atoms with Crippen LogP contribution in [-0.4, -0.2) is 52.8 Å². The van der Waals surface area contributed by atoms with Crippen molar-refractivity contribution in [2.24, 2.45) is 0 Å². The summed E-state index contributed by atoms with van der Waals surface area (Å²) in [7, 11) is 1.64. The van der Waals surface area contributed by atoms with Crippen LogP contribution in [0.4, 0.5) is 5.95 Å². The second-order valence-electron chi connectivity index (χ2n) is 8.40. The zero-order chi connectivity index (χ0) is 23.3. The van der Waals surface area contributed by atoms with E-state index in [2.05, 4.69) is 27.3 Å². The lowest BCUT2D eigenvalue weighted by molar-refractivity contribution is 0.414. The first kappa shape index (κ1) is 22.0. The van der Waals surface area contributed by atoms with Crippen LogP contribution in [0.25, 0.3) is 11.2 Å². The number of piperazine rings is 1. The van der Waals surface area contributed by atoms with Crippen LogP contribution in [0.1, 0.15) is 16.8 Å². The Hall–Kier alpha value is -3.78. The van der Waals surface area contributed by atoms with Gasteiger partial charge in [-0.3, -0.25) is 9.36 Å². The second-order valence-corrected chi connectivity index (χ2v) is 8.40. The number of rotatable bonds is 7. The van der Waals surface area contributed by atoms with E-state index in [0.717, 1.165) is 43.9 Å². The molecule has 2 aromatic heterocycles. The van der Waals surface area contributed by atoms with E-state index in [1.54, 1.807) is 17.9 Å². The van der Waals surface area contributed by atoms with Gasteiger partial charge in [-0.25, -0.2) is 9.97 Å². The largest absolute Gasteiger partial charge is 0.497 e. The fraction of sp³-hybridized carbons (Fsp3) is 0.308. The number of fused-ring (bicyclic) bond motifs is 1. The number of aromatic nitrogens is 4. The van der Waals surface area contributed by atoms with Crippen molar-refractivity contribution >= 4 is 17.1 Å². The maximum absolute atomic E-state index is 13.6. The van der Waals surface area contributed by atoms with E-state index >= 15 is 0 Å². The quantitative estimate of drug-likeness (QED) is 0.457. The molecule has 5 rings (SSSR count). The highest BCUT2D eigenvalue weighted by molar-refractivity contribution is 5.71. The maximum Gasteiger partial charge on any atom is 0.274 e. The summed E-state index contributed by atoms with van der Waals surface area (Å²) in [5.74, 6) is 1.39. The Bertz CT molecular complexity index is 1330. The predicted molar refractivity (Wildman–Crippen MR) is 133 cm³/mol. The summed E-state index contributed by atoms with van der Waals surface area (Å²) in [6.07, 6.45) is 3.04. The van der Waals surface area contributed by atoms with E-state index in [0.29, 0.717) is 35.8 Å². The molecule has 2 aromatic carbocycles. The topological polar surface area (TPSA) is 85.2 Å². The lowest BCUT2D eigenvalue weighted by Gasteiger charge is -2.27. The summed E-state index contributed by atoms with van der Waals surface area (Å²) in [5.41, 5.74) is 3.73. The summed E-state index contributed by atoms with van der Waals surface area (Å²) in [6.45, 7) is 3.80. The molecule has 34 heavy (non-hydrogen) atoms. The van der Waals surface area contributed by atoms with Crippen molar-refractivity contribution in [3.63, 3.8) is 0 Å². The summed E-state index contributed by atoms with van der Waals surface area (Å²) < 4.78 is 7.11. The van der Waals surface area contributed by atoms with E-state index in [9.17, 15) is 4.79 Å². The Morgan fingerprint density at radius 3 is 2.56 bits per heavy atom. The number of nitrogens with one attached hydrogen (secondary N) is 1. The molecule has 1 fully saturated rings. The van der Waals surface area contributed by atoms with Crippen LogP contribution in [0, 0.1) is 0 Å². The Morgan fingerprint density at radius 1 is 0.971 bits per heavy atom. The first-order valence-electron chi connectivity index (χ1n) is 11.6. The molecule has 0 aliphatic carbocycles. The fourth-order valence-electron chi connectivity index (χ4n) is 4.27. The van der Waals surface area contributed by atoms with Gasteiger partial charge in [-0.2, -0.15) is 4.98 Å². The molecule has 0 unspecified atom stereocenters. The minimum atomic E-state index is -0.115. The van der Waals surface area contributed by atoms with Crippen molar-refractivity contribution in [2.45, 2.75) is 19.4 Å². The molecule has 174 valence electrons. The first-order chi connectivity index (χ1) is 16.7. The molecule has 0 atom stereocenters. The molecule has 0 saturated carbocycles. The Kier molecular flexibility index (Phi) is 6.49. The lowest BCUT2D eigenvalue weighted by atomic mass is 10.1. The number of ether oxygens (including phenoxy) is 1. The third-order valence-electron chi connectivity index (χ3n) is 6.11. The van der Waals surface area contributed by atoms with E-state index in [1.807, 2.05) is 42.5 Å². The summed E-state index contributed by atoms with van der Waals surface area (Å²) in [4.78, 5) is 29.9. The highest BCUT2D eigenvalue weighted by Crippen LogP contribution is 2.18. The van der Waals surface area contributed by atoms with Gasteiger partial charge in [-0.15, -0.1) is 0 Å². The van der Waals surface area contributed by atoms with Gasteiger partial charge in [0.1, 0.15) is 17.0 Å². The molecular weight excluding hydrogens is 428 g/mol. The number of hydrogen-bond donors (Lipinski definition) is 1. The first-order valence-corrected chi connectivity index (χ1v) is 11.6. The molecule has 1 aliphatic heterocycles. The summed E-state index contributed by atoms with van der Waals surface area (Å²) >= 11 is 0. The smallest absolute Gasteiger partial charge is 0.274 e. The van der Waals surface area contributed by atoms with Crippen LogP contribution in [0.5, 0.6) is 5.75 Å². The highest BCUT2D eigenvalue weighted by atomic mass is 16.5. The number of aryl methyl sites for hydroxylation is 2. The van der Waals surface area contributed by atoms with Crippen LogP contribution >= 0.6 is 0 Å². The van der Waals surface area contributed by atoms with Gasteiger partial charge < -0.3 is 15.0 Å². The van der Waals surface area contributed by atoms with Gasteiger partial charge in [-0.05, 0) is 36.1 Å². The molecule has 1 N–H and O–H groups in total. The molecule has 1 aliphatic rings. The molecule has 0 amide bonds. The molecule has 4 aromatic rings. The molecule has 1 saturated heterocycles. The fourth-order valence-corrected chi connectivity index (χ4v) is 4.27. The van der Waals surface area contributed by atoms with E-state index in [-0.39, 0.29) is 5.56 Å². The molecule has 0 spiro atoms. The summed E-state index contributed by atoms with van der Waals surface area (Å²) in [5, 5.41) is 3.34. The molecule has 3 heterocycles. The van der Waals surface area contributed by atoms with Crippen molar-refractivity contribution in [1.82, 2.24) is 24.8 Å². The van der Waals surface area contributed by atoms with Gasteiger partial charge in [0, 0.05) is 26.2 Å².